The summed E-state index contributed by atoms with van der Waals surface area (Å²) < 4.78 is 0. The third-order valence-electron chi connectivity index (χ3n) is 5.16. The lowest BCUT2D eigenvalue weighted by atomic mass is 9.87. The van der Waals surface area contributed by atoms with E-state index in [9.17, 15) is 0 Å². The molecule has 0 unspecified atom stereocenters. The average Bonchev–Trinajstić information content (AvgIpc) is 3.10. The number of rotatable bonds is 4. The van der Waals surface area contributed by atoms with Gasteiger partial charge in [-0.25, -0.2) is 9.97 Å². The molecule has 1 saturated heterocycles. The van der Waals surface area contributed by atoms with Crippen molar-refractivity contribution in [1.29, 1.82) is 0 Å². The van der Waals surface area contributed by atoms with Gasteiger partial charge in [0.1, 0.15) is 0 Å². The van der Waals surface area contributed by atoms with Crippen LogP contribution in [0.15, 0.2) is 60.9 Å². The van der Waals surface area contributed by atoms with Crippen LogP contribution >= 0.6 is 0 Å². The number of aromatic nitrogens is 2. The SMILES string of the molecule is C[C@@H](C[C@H]1CCN(c2ncccn2)C1)c1cccc2ccccc12. The maximum Gasteiger partial charge on any atom is 0.225 e. The Labute approximate surface area is 143 Å². The van der Waals surface area contributed by atoms with Crippen LogP contribution in [0.25, 0.3) is 10.8 Å². The third kappa shape index (κ3) is 2.99. The van der Waals surface area contributed by atoms with E-state index in [0.717, 1.165) is 19.0 Å². The minimum absolute atomic E-state index is 0.567. The highest BCUT2D eigenvalue weighted by Crippen LogP contribution is 2.33. The van der Waals surface area contributed by atoms with Crippen molar-refractivity contribution in [3.05, 3.63) is 66.5 Å². The lowest BCUT2D eigenvalue weighted by molar-refractivity contribution is 0.489. The molecule has 2 aromatic carbocycles. The number of hydrogen-bond acceptors (Lipinski definition) is 3. The molecule has 2 atom stereocenters. The molecule has 4 rings (SSSR count). The largest absolute Gasteiger partial charge is 0.341 e. The summed E-state index contributed by atoms with van der Waals surface area (Å²) >= 11 is 0. The second kappa shape index (κ2) is 6.60. The summed E-state index contributed by atoms with van der Waals surface area (Å²) in [5, 5.41) is 2.74. The van der Waals surface area contributed by atoms with Crippen molar-refractivity contribution < 1.29 is 0 Å². The molecular weight excluding hydrogens is 294 g/mol. The molecule has 0 spiro atoms. The molecule has 24 heavy (non-hydrogen) atoms. The Morgan fingerprint density at radius 2 is 1.83 bits per heavy atom. The Kier molecular flexibility index (Phi) is 4.16. The first-order valence-corrected chi connectivity index (χ1v) is 8.81. The third-order valence-corrected chi connectivity index (χ3v) is 5.16. The Morgan fingerprint density at radius 1 is 1.04 bits per heavy atom. The van der Waals surface area contributed by atoms with Gasteiger partial charge < -0.3 is 4.90 Å². The Bertz CT molecular complexity index is 810. The lowest BCUT2D eigenvalue weighted by Crippen LogP contribution is -2.22. The van der Waals surface area contributed by atoms with Crippen molar-refractivity contribution in [2.75, 3.05) is 18.0 Å². The molecule has 1 aromatic heterocycles. The van der Waals surface area contributed by atoms with E-state index < -0.39 is 0 Å². The highest BCUT2D eigenvalue weighted by molar-refractivity contribution is 5.86. The number of benzene rings is 2. The van der Waals surface area contributed by atoms with Gasteiger partial charge in [-0.3, -0.25) is 0 Å². The number of hydrogen-bond donors (Lipinski definition) is 0. The number of anilines is 1. The summed E-state index contributed by atoms with van der Waals surface area (Å²) in [5.41, 5.74) is 1.47. The maximum atomic E-state index is 4.39. The molecule has 1 aliphatic rings. The van der Waals surface area contributed by atoms with Crippen molar-refractivity contribution in [2.24, 2.45) is 5.92 Å². The summed E-state index contributed by atoms with van der Waals surface area (Å²) in [7, 11) is 0. The minimum Gasteiger partial charge on any atom is -0.341 e. The smallest absolute Gasteiger partial charge is 0.225 e. The molecule has 2 heterocycles. The van der Waals surface area contributed by atoms with Gasteiger partial charge in [0, 0.05) is 25.5 Å². The standard InChI is InChI=1S/C21H23N3/c1-16(19-9-4-7-18-6-2-3-8-20(18)19)14-17-10-13-24(15-17)21-22-11-5-12-23-21/h2-9,11-12,16-17H,10,13-15H2,1H3/t16-,17+/m0/s1. The second-order valence-electron chi connectivity index (χ2n) is 6.85. The van der Waals surface area contributed by atoms with Gasteiger partial charge in [0.25, 0.3) is 0 Å². The van der Waals surface area contributed by atoms with Crippen LogP contribution in [0, 0.1) is 5.92 Å². The van der Waals surface area contributed by atoms with Crippen LogP contribution in [0.4, 0.5) is 5.95 Å². The van der Waals surface area contributed by atoms with Gasteiger partial charge in [0.05, 0.1) is 0 Å². The minimum atomic E-state index is 0.567. The monoisotopic (exact) mass is 317 g/mol. The first kappa shape index (κ1) is 15.1. The molecule has 0 aliphatic carbocycles. The lowest BCUT2D eigenvalue weighted by Gasteiger charge is -2.20. The predicted octanol–water partition coefficient (Wildman–Crippen LogP) is 4.65. The predicted molar refractivity (Wildman–Crippen MR) is 99.3 cm³/mol. The summed E-state index contributed by atoms with van der Waals surface area (Å²) in [6, 6.07) is 17.3. The van der Waals surface area contributed by atoms with Crippen LogP contribution in [0.2, 0.25) is 0 Å². The zero-order chi connectivity index (χ0) is 16.4. The maximum absolute atomic E-state index is 4.39. The fraction of sp³-hybridized carbons (Fsp3) is 0.333. The molecule has 0 radical (unpaired) electrons. The van der Waals surface area contributed by atoms with Gasteiger partial charge in [-0.2, -0.15) is 0 Å². The molecule has 3 aromatic rings. The van der Waals surface area contributed by atoms with Gasteiger partial charge in [0.2, 0.25) is 5.95 Å². The molecule has 122 valence electrons. The molecule has 0 N–H and O–H groups in total. The molecule has 0 saturated carbocycles. The fourth-order valence-corrected chi connectivity index (χ4v) is 3.97. The van der Waals surface area contributed by atoms with E-state index in [1.165, 1.54) is 29.2 Å². The van der Waals surface area contributed by atoms with Crippen LogP contribution in [0.1, 0.15) is 31.2 Å². The van der Waals surface area contributed by atoms with Crippen molar-refractivity contribution in [2.45, 2.75) is 25.7 Å². The van der Waals surface area contributed by atoms with E-state index in [-0.39, 0.29) is 0 Å². The molecule has 3 nitrogen and oxygen atoms in total. The highest BCUT2D eigenvalue weighted by Gasteiger charge is 2.26. The average molecular weight is 317 g/mol. The first-order valence-electron chi connectivity index (χ1n) is 8.81. The van der Waals surface area contributed by atoms with Gasteiger partial charge in [0.15, 0.2) is 0 Å². The van der Waals surface area contributed by atoms with E-state index in [1.807, 2.05) is 18.5 Å². The first-order chi connectivity index (χ1) is 11.8. The van der Waals surface area contributed by atoms with Gasteiger partial charge in [-0.15, -0.1) is 0 Å². The van der Waals surface area contributed by atoms with Crippen LogP contribution in [0.5, 0.6) is 0 Å². The summed E-state index contributed by atoms with van der Waals surface area (Å²) in [6.07, 6.45) is 6.10. The van der Waals surface area contributed by atoms with Crippen molar-refractivity contribution >= 4 is 16.7 Å². The van der Waals surface area contributed by atoms with Crippen LogP contribution in [-0.2, 0) is 0 Å². The van der Waals surface area contributed by atoms with E-state index in [2.05, 4.69) is 64.3 Å². The van der Waals surface area contributed by atoms with Gasteiger partial charge >= 0.3 is 0 Å². The van der Waals surface area contributed by atoms with Crippen molar-refractivity contribution in [3.63, 3.8) is 0 Å². The van der Waals surface area contributed by atoms with Crippen molar-refractivity contribution in [3.8, 4) is 0 Å². The Morgan fingerprint density at radius 3 is 2.71 bits per heavy atom. The zero-order valence-electron chi connectivity index (χ0n) is 14.1. The van der Waals surface area contributed by atoms with Crippen LogP contribution in [-0.4, -0.2) is 23.1 Å². The van der Waals surface area contributed by atoms with Gasteiger partial charge in [-0.1, -0.05) is 49.4 Å². The Balaban J connectivity index is 1.48. The summed E-state index contributed by atoms with van der Waals surface area (Å²) in [5.74, 6) is 2.15. The van der Waals surface area contributed by atoms with Crippen LogP contribution < -0.4 is 4.90 Å². The molecule has 0 amide bonds. The molecule has 3 heteroatoms. The normalized spacial score (nSPS) is 18.9. The van der Waals surface area contributed by atoms with Gasteiger partial charge in [-0.05, 0) is 47.1 Å². The van der Waals surface area contributed by atoms with Crippen LogP contribution in [0.3, 0.4) is 0 Å². The topological polar surface area (TPSA) is 29.0 Å². The molecular formula is C21H23N3. The second-order valence-corrected chi connectivity index (χ2v) is 6.85. The van der Waals surface area contributed by atoms with E-state index >= 15 is 0 Å². The summed E-state index contributed by atoms with van der Waals surface area (Å²) in [6.45, 7) is 4.50. The number of nitrogens with zero attached hydrogens (tertiary/aromatic N) is 3. The van der Waals surface area contributed by atoms with E-state index in [0.29, 0.717) is 11.8 Å². The highest BCUT2D eigenvalue weighted by atomic mass is 15.3. The Hall–Kier alpha value is -2.42. The van der Waals surface area contributed by atoms with E-state index in [1.54, 1.807) is 0 Å². The molecule has 1 aliphatic heterocycles. The van der Waals surface area contributed by atoms with Crippen molar-refractivity contribution in [1.82, 2.24) is 9.97 Å². The molecule has 0 bridgehead atoms. The van der Waals surface area contributed by atoms with E-state index in [4.69, 9.17) is 0 Å². The quantitative estimate of drug-likeness (QED) is 0.701. The zero-order valence-corrected chi connectivity index (χ0v) is 14.1. The number of fused-ring (bicyclic) bond motifs is 1. The molecule has 1 fully saturated rings. The fourth-order valence-electron chi connectivity index (χ4n) is 3.97. The summed E-state index contributed by atoms with van der Waals surface area (Å²) in [4.78, 5) is 11.1.